The Morgan fingerprint density at radius 1 is 0.946 bits per heavy atom. The highest BCUT2D eigenvalue weighted by atomic mass is 16.2. The lowest BCUT2D eigenvalue weighted by Crippen LogP contribution is -2.56. The number of carbonyl (C=O) groups excluding carboxylic acids is 2. The van der Waals surface area contributed by atoms with E-state index in [1.54, 1.807) is 0 Å². The first kappa shape index (κ1) is 25.4. The van der Waals surface area contributed by atoms with Crippen LogP contribution < -0.4 is 10.6 Å². The molecule has 1 aromatic rings. The van der Waals surface area contributed by atoms with Crippen LogP contribution in [0.1, 0.15) is 95.5 Å². The summed E-state index contributed by atoms with van der Waals surface area (Å²) in [6, 6.07) is 8.24. The minimum Gasteiger partial charge on any atom is -0.351 e. The van der Waals surface area contributed by atoms with Crippen LogP contribution in [0, 0.1) is 36.0 Å². The molecule has 2 atom stereocenters. The van der Waals surface area contributed by atoms with Crippen LogP contribution in [-0.2, 0) is 4.79 Å². The number of amides is 2. The SMILES string of the molecule is Cc1cccc(N(C(N)=O)C2CCCC(C3CCCCC3)N(CC(=O)C34CC5CC(CC(C5)C3)C4)C2)c1. The van der Waals surface area contributed by atoms with Gasteiger partial charge in [0.25, 0.3) is 0 Å². The van der Waals surface area contributed by atoms with Gasteiger partial charge in [-0.15, -0.1) is 0 Å². The Balaban J connectivity index is 1.27. The maximum absolute atomic E-state index is 14.3. The molecule has 37 heavy (non-hydrogen) atoms. The number of nitrogens with two attached hydrogens (primary N) is 1. The number of likely N-dealkylation sites (tertiary alicyclic amines) is 1. The highest BCUT2D eigenvalue weighted by Crippen LogP contribution is 2.60. The summed E-state index contributed by atoms with van der Waals surface area (Å²) in [5.74, 6) is 3.56. The molecular formula is C32H47N3O2. The first-order valence-corrected chi connectivity index (χ1v) is 15.3. The molecule has 5 aliphatic carbocycles. The summed E-state index contributed by atoms with van der Waals surface area (Å²) in [5.41, 5.74) is 7.99. The Labute approximate surface area is 223 Å². The summed E-state index contributed by atoms with van der Waals surface area (Å²) >= 11 is 0. The molecule has 1 heterocycles. The molecule has 202 valence electrons. The fourth-order valence-corrected chi connectivity index (χ4v) is 9.79. The molecule has 7 rings (SSSR count). The molecule has 0 spiro atoms. The van der Waals surface area contributed by atoms with Crippen molar-refractivity contribution in [3.8, 4) is 0 Å². The van der Waals surface area contributed by atoms with Gasteiger partial charge in [-0.05, 0) is 119 Å². The van der Waals surface area contributed by atoms with Gasteiger partial charge < -0.3 is 5.73 Å². The predicted octanol–water partition coefficient (Wildman–Crippen LogP) is 6.47. The average molecular weight is 506 g/mol. The molecule has 2 unspecified atom stereocenters. The Hall–Kier alpha value is -1.88. The first-order valence-electron chi connectivity index (χ1n) is 15.3. The molecule has 4 bridgehead atoms. The minimum atomic E-state index is -0.376. The number of primary amides is 1. The van der Waals surface area contributed by atoms with E-state index in [0.717, 1.165) is 74.1 Å². The largest absolute Gasteiger partial charge is 0.351 e. The van der Waals surface area contributed by atoms with E-state index in [-0.39, 0.29) is 17.5 Å². The first-order chi connectivity index (χ1) is 17.9. The van der Waals surface area contributed by atoms with Crippen molar-refractivity contribution in [2.24, 2.45) is 34.8 Å². The van der Waals surface area contributed by atoms with Gasteiger partial charge in [0.2, 0.25) is 0 Å². The van der Waals surface area contributed by atoms with Gasteiger partial charge in [0.15, 0.2) is 5.78 Å². The third-order valence-corrected chi connectivity index (χ3v) is 11.0. The van der Waals surface area contributed by atoms with Gasteiger partial charge >= 0.3 is 6.03 Å². The second-order valence-electron chi connectivity index (χ2n) is 13.6. The fraction of sp³-hybridized carbons (Fsp3) is 0.750. The second-order valence-corrected chi connectivity index (χ2v) is 13.6. The molecule has 6 fully saturated rings. The normalized spacial score (nSPS) is 36.3. The smallest absolute Gasteiger partial charge is 0.319 e. The van der Waals surface area contributed by atoms with Crippen LogP contribution in [0.4, 0.5) is 10.5 Å². The maximum Gasteiger partial charge on any atom is 0.319 e. The molecule has 1 aliphatic heterocycles. The van der Waals surface area contributed by atoms with E-state index in [4.69, 9.17) is 5.73 Å². The zero-order valence-electron chi connectivity index (χ0n) is 22.9. The summed E-state index contributed by atoms with van der Waals surface area (Å²) < 4.78 is 0. The van der Waals surface area contributed by atoms with E-state index in [2.05, 4.69) is 24.0 Å². The van der Waals surface area contributed by atoms with E-state index >= 15 is 0 Å². The number of urea groups is 1. The van der Waals surface area contributed by atoms with Crippen LogP contribution in [0.3, 0.4) is 0 Å². The molecule has 5 heteroatoms. The monoisotopic (exact) mass is 505 g/mol. The molecule has 6 aliphatic rings. The third-order valence-electron chi connectivity index (χ3n) is 11.0. The van der Waals surface area contributed by atoms with Gasteiger partial charge in [-0.3, -0.25) is 14.6 Å². The predicted molar refractivity (Wildman–Crippen MR) is 148 cm³/mol. The molecule has 1 aromatic carbocycles. The number of rotatable bonds is 6. The molecule has 2 N–H and O–H groups in total. The van der Waals surface area contributed by atoms with Gasteiger partial charge in [-0.1, -0.05) is 31.4 Å². The molecule has 0 radical (unpaired) electrons. The molecule has 2 amide bonds. The number of ketones is 1. The van der Waals surface area contributed by atoms with Crippen LogP contribution in [-0.4, -0.2) is 41.9 Å². The number of hydrogen-bond acceptors (Lipinski definition) is 3. The standard InChI is InChI=1S/C32H47N3O2/c1-22-7-5-10-27(13-22)35(31(33)37)28-11-6-12-29(26-8-3-2-4-9-26)34(20-28)21-30(36)32-17-23-14-24(18-32)16-25(15-23)19-32/h5,7,10,13,23-26,28-29H,2-4,6,8-9,11-12,14-21H2,1H3,(H2,33,37). The lowest BCUT2D eigenvalue weighted by molar-refractivity contribution is -0.146. The Kier molecular flexibility index (Phi) is 7.11. The Morgan fingerprint density at radius 3 is 2.24 bits per heavy atom. The van der Waals surface area contributed by atoms with Crippen LogP contribution in [0.25, 0.3) is 0 Å². The number of hydrogen-bond donors (Lipinski definition) is 1. The number of Topliss-reactive ketones (excluding diaryl/α,β-unsaturated/α-hetero) is 1. The fourth-order valence-electron chi connectivity index (χ4n) is 9.79. The van der Waals surface area contributed by atoms with E-state index in [1.807, 2.05) is 17.0 Å². The average Bonchev–Trinajstić information content (AvgIpc) is 3.06. The maximum atomic E-state index is 14.3. The van der Waals surface area contributed by atoms with Crippen molar-refractivity contribution in [2.45, 2.75) is 109 Å². The van der Waals surface area contributed by atoms with E-state index in [1.165, 1.54) is 51.4 Å². The van der Waals surface area contributed by atoms with Crippen molar-refractivity contribution < 1.29 is 9.59 Å². The van der Waals surface area contributed by atoms with Crippen molar-refractivity contribution in [1.82, 2.24) is 4.90 Å². The number of anilines is 1. The van der Waals surface area contributed by atoms with Crippen LogP contribution in [0.2, 0.25) is 0 Å². The van der Waals surface area contributed by atoms with Crippen molar-refractivity contribution in [3.63, 3.8) is 0 Å². The van der Waals surface area contributed by atoms with Crippen molar-refractivity contribution in [1.29, 1.82) is 0 Å². The topological polar surface area (TPSA) is 66.6 Å². The molecule has 1 saturated heterocycles. The Bertz CT molecular complexity index is 964. The van der Waals surface area contributed by atoms with Crippen molar-refractivity contribution in [3.05, 3.63) is 29.8 Å². The number of nitrogens with zero attached hydrogens (tertiary/aromatic N) is 2. The third kappa shape index (κ3) is 5.10. The van der Waals surface area contributed by atoms with Gasteiger partial charge in [0.1, 0.15) is 0 Å². The van der Waals surface area contributed by atoms with Gasteiger partial charge in [-0.2, -0.15) is 0 Å². The number of aryl methyl sites for hydroxylation is 1. The minimum absolute atomic E-state index is 0.0112. The summed E-state index contributed by atoms with van der Waals surface area (Å²) in [6.07, 6.45) is 17.2. The lowest BCUT2D eigenvalue weighted by Gasteiger charge is -2.56. The van der Waals surface area contributed by atoms with Gasteiger partial charge in [0, 0.05) is 23.7 Å². The van der Waals surface area contributed by atoms with Crippen molar-refractivity contribution >= 4 is 17.5 Å². The molecule has 5 saturated carbocycles. The summed E-state index contributed by atoms with van der Waals surface area (Å²) in [7, 11) is 0. The van der Waals surface area contributed by atoms with Gasteiger partial charge in [-0.25, -0.2) is 4.79 Å². The summed E-state index contributed by atoms with van der Waals surface area (Å²) in [4.78, 5) is 31.5. The summed E-state index contributed by atoms with van der Waals surface area (Å²) in [6.45, 7) is 3.39. The molecule has 5 nitrogen and oxygen atoms in total. The Morgan fingerprint density at radius 2 is 1.62 bits per heavy atom. The molecular weight excluding hydrogens is 458 g/mol. The second kappa shape index (κ2) is 10.4. The van der Waals surface area contributed by atoms with E-state index < -0.39 is 0 Å². The van der Waals surface area contributed by atoms with Crippen LogP contribution in [0.15, 0.2) is 24.3 Å². The van der Waals surface area contributed by atoms with Crippen LogP contribution >= 0.6 is 0 Å². The summed E-state index contributed by atoms with van der Waals surface area (Å²) in [5, 5.41) is 0. The zero-order valence-corrected chi connectivity index (χ0v) is 22.9. The van der Waals surface area contributed by atoms with E-state index in [0.29, 0.717) is 24.3 Å². The van der Waals surface area contributed by atoms with Gasteiger partial charge in [0.05, 0.1) is 12.6 Å². The van der Waals surface area contributed by atoms with Crippen LogP contribution in [0.5, 0.6) is 0 Å². The number of carbonyl (C=O) groups is 2. The number of benzene rings is 1. The quantitative estimate of drug-likeness (QED) is 0.482. The zero-order chi connectivity index (χ0) is 25.6. The van der Waals surface area contributed by atoms with E-state index in [9.17, 15) is 9.59 Å². The van der Waals surface area contributed by atoms with Crippen molar-refractivity contribution in [2.75, 3.05) is 18.0 Å². The highest BCUT2D eigenvalue weighted by Gasteiger charge is 2.54. The highest BCUT2D eigenvalue weighted by molar-refractivity contribution is 5.91. The lowest BCUT2D eigenvalue weighted by atomic mass is 9.48. The molecule has 0 aromatic heterocycles.